The van der Waals surface area contributed by atoms with Crippen molar-refractivity contribution in [1.82, 2.24) is 9.55 Å². The summed E-state index contributed by atoms with van der Waals surface area (Å²) in [6.07, 6.45) is 0. The van der Waals surface area contributed by atoms with Crippen molar-refractivity contribution in [2.45, 2.75) is 20.0 Å². The number of hydrogen-bond acceptors (Lipinski definition) is 5. The number of amides is 2. The van der Waals surface area contributed by atoms with Gasteiger partial charge in [0.1, 0.15) is 18.1 Å². The molecule has 0 unspecified atom stereocenters. The van der Waals surface area contributed by atoms with Gasteiger partial charge in [0.05, 0.1) is 30.4 Å². The molecule has 0 atom stereocenters. The van der Waals surface area contributed by atoms with Crippen LogP contribution in [0.5, 0.6) is 5.75 Å². The van der Waals surface area contributed by atoms with Crippen molar-refractivity contribution in [2.24, 2.45) is 0 Å². The van der Waals surface area contributed by atoms with E-state index in [1.54, 1.807) is 48.5 Å². The molecule has 178 valence electrons. The molecule has 0 spiro atoms. The Morgan fingerprint density at radius 2 is 1.71 bits per heavy atom. The zero-order valence-electron chi connectivity index (χ0n) is 19.2. The number of halogens is 1. The van der Waals surface area contributed by atoms with E-state index in [2.05, 4.69) is 10.3 Å². The summed E-state index contributed by atoms with van der Waals surface area (Å²) in [5.41, 5.74) is 1.38. The maximum Gasteiger partial charge on any atom is 0.294 e. The van der Waals surface area contributed by atoms with Crippen molar-refractivity contribution >= 4 is 34.4 Å². The summed E-state index contributed by atoms with van der Waals surface area (Å²) in [6, 6.07) is 19.4. The first-order valence-electron chi connectivity index (χ1n) is 10.8. The Labute approximate surface area is 200 Å². The number of fused-ring (bicyclic) bond motifs is 1. The molecule has 3 aromatic carbocycles. The van der Waals surface area contributed by atoms with Gasteiger partial charge < -0.3 is 10.1 Å². The van der Waals surface area contributed by atoms with Crippen LogP contribution in [0.2, 0.25) is 0 Å². The minimum Gasteiger partial charge on any atom is -0.495 e. The van der Waals surface area contributed by atoms with Crippen molar-refractivity contribution in [3.63, 3.8) is 0 Å². The summed E-state index contributed by atoms with van der Waals surface area (Å²) < 4.78 is 19.9. The molecule has 1 N–H and O–H groups in total. The van der Waals surface area contributed by atoms with Crippen LogP contribution >= 0.6 is 0 Å². The largest absolute Gasteiger partial charge is 0.495 e. The van der Waals surface area contributed by atoms with Crippen LogP contribution in [0.3, 0.4) is 0 Å². The minimum atomic E-state index is -0.601. The van der Waals surface area contributed by atoms with E-state index < -0.39 is 23.2 Å². The molecule has 9 heteroatoms. The minimum absolute atomic E-state index is 0.0175. The molecule has 2 amide bonds. The first-order valence-corrected chi connectivity index (χ1v) is 10.8. The van der Waals surface area contributed by atoms with Gasteiger partial charge in [0.15, 0.2) is 0 Å². The average molecular weight is 474 g/mol. The number of nitrogens with one attached hydrogen (secondary N) is 1. The summed E-state index contributed by atoms with van der Waals surface area (Å²) in [5.74, 6) is -0.914. The van der Waals surface area contributed by atoms with Gasteiger partial charge in [-0.05, 0) is 42.0 Å². The molecule has 0 aliphatic rings. The average Bonchev–Trinajstić information content (AvgIpc) is 2.85. The van der Waals surface area contributed by atoms with Gasteiger partial charge in [-0.25, -0.2) is 9.37 Å². The zero-order chi connectivity index (χ0) is 24.9. The van der Waals surface area contributed by atoms with Gasteiger partial charge in [-0.2, -0.15) is 0 Å². The number of nitrogens with zero attached hydrogens (tertiary/aromatic N) is 3. The highest BCUT2D eigenvalue weighted by molar-refractivity contribution is 5.94. The topological polar surface area (TPSA) is 93.5 Å². The van der Waals surface area contributed by atoms with Gasteiger partial charge in [-0.3, -0.25) is 23.9 Å². The smallest absolute Gasteiger partial charge is 0.294 e. The monoisotopic (exact) mass is 474 g/mol. The van der Waals surface area contributed by atoms with Gasteiger partial charge in [-0.15, -0.1) is 0 Å². The zero-order valence-corrected chi connectivity index (χ0v) is 19.2. The fourth-order valence-electron chi connectivity index (χ4n) is 3.70. The second-order valence-electron chi connectivity index (χ2n) is 7.80. The number of methoxy groups -OCH3 is 1. The van der Waals surface area contributed by atoms with Crippen LogP contribution in [-0.4, -0.2) is 28.5 Å². The Balaban J connectivity index is 1.74. The number of para-hydroxylation sites is 4. The van der Waals surface area contributed by atoms with Crippen LogP contribution in [0.4, 0.5) is 15.9 Å². The SMILES string of the molecule is COc1ccccc1NC(=O)Cn1c(=O)c(N(Cc2ccc(F)cc2)C(C)=O)nc2ccccc21. The van der Waals surface area contributed by atoms with Gasteiger partial charge in [0.25, 0.3) is 5.56 Å². The van der Waals surface area contributed by atoms with E-state index in [0.29, 0.717) is 28.0 Å². The van der Waals surface area contributed by atoms with Crippen LogP contribution in [0.25, 0.3) is 11.0 Å². The third-order valence-corrected chi connectivity index (χ3v) is 5.41. The van der Waals surface area contributed by atoms with E-state index >= 15 is 0 Å². The van der Waals surface area contributed by atoms with Crippen molar-refractivity contribution in [1.29, 1.82) is 0 Å². The summed E-state index contributed by atoms with van der Waals surface area (Å²) in [5, 5.41) is 2.76. The van der Waals surface area contributed by atoms with Crippen molar-refractivity contribution in [3.05, 3.63) is 94.5 Å². The summed E-state index contributed by atoms with van der Waals surface area (Å²) >= 11 is 0. The molecule has 4 aromatic rings. The maximum atomic E-state index is 13.5. The second kappa shape index (κ2) is 10.2. The maximum absolute atomic E-state index is 13.5. The van der Waals surface area contributed by atoms with Crippen molar-refractivity contribution in [2.75, 3.05) is 17.3 Å². The highest BCUT2D eigenvalue weighted by Crippen LogP contribution is 2.23. The van der Waals surface area contributed by atoms with Crippen LogP contribution in [0.1, 0.15) is 12.5 Å². The molecule has 1 aromatic heterocycles. The second-order valence-corrected chi connectivity index (χ2v) is 7.80. The van der Waals surface area contributed by atoms with Gasteiger partial charge in [0.2, 0.25) is 17.6 Å². The fraction of sp³-hybridized carbons (Fsp3) is 0.154. The Morgan fingerprint density at radius 1 is 1.03 bits per heavy atom. The molecule has 0 saturated heterocycles. The Bertz CT molecular complexity index is 1450. The van der Waals surface area contributed by atoms with Crippen LogP contribution in [-0.2, 0) is 22.7 Å². The molecule has 8 nitrogen and oxygen atoms in total. The predicted molar refractivity (Wildman–Crippen MR) is 131 cm³/mol. The third kappa shape index (κ3) is 5.19. The number of anilines is 2. The molecule has 1 heterocycles. The Morgan fingerprint density at radius 3 is 2.43 bits per heavy atom. The lowest BCUT2D eigenvalue weighted by atomic mass is 10.2. The first kappa shape index (κ1) is 23.6. The number of carbonyl (C=O) groups excluding carboxylic acids is 2. The first-order chi connectivity index (χ1) is 16.9. The molecular weight excluding hydrogens is 451 g/mol. The van der Waals surface area contributed by atoms with Gasteiger partial charge in [-0.1, -0.05) is 36.4 Å². The van der Waals surface area contributed by atoms with Crippen LogP contribution < -0.4 is 20.5 Å². The lowest BCUT2D eigenvalue weighted by molar-refractivity contribution is -0.117. The number of hydrogen-bond donors (Lipinski definition) is 1. The van der Waals surface area contributed by atoms with Gasteiger partial charge >= 0.3 is 0 Å². The third-order valence-electron chi connectivity index (χ3n) is 5.41. The highest BCUT2D eigenvalue weighted by atomic mass is 19.1. The predicted octanol–water partition coefficient (Wildman–Crippen LogP) is 3.74. The number of carbonyl (C=O) groups is 2. The van der Waals surface area contributed by atoms with E-state index in [9.17, 15) is 18.8 Å². The van der Waals surface area contributed by atoms with Crippen LogP contribution in [0.15, 0.2) is 77.6 Å². The van der Waals surface area contributed by atoms with E-state index in [1.165, 1.54) is 47.8 Å². The van der Waals surface area contributed by atoms with Crippen LogP contribution in [0, 0.1) is 5.82 Å². The molecule has 4 rings (SSSR count). The number of benzene rings is 3. The van der Waals surface area contributed by atoms with Crippen molar-refractivity contribution in [3.8, 4) is 5.75 Å². The lowest BCUT2D eigenvalue weighted by Gasteiger charge is -2.21. The number of ether oxygens (including phenoxy) is 1. The van der Waals surface area contributed by atoms with E-state index in [-0.39, 0.29) is 18.9 Å². The summed E-state index contributed by atoms with van der Waals surface area (Å²) in [6.45, 7) is 1.03. The van der Waals surface area contributed by atoms with Crippen molar-refractivity contribution < 1.29 is 18.7 Å². The van der Waals surface area contributed by atoms with E-state index in [4.69, 9.17) is 4.74 Å². The Kier molecular flexibility index (Phi) is 6.86. The number of aromatic nitrogens is 2. The number of rotatable bonds is 7. The van der Waals surface area contributed by atoms with E-state index in [1.807, 2.05) is 0 Å². The van der Waals surface area contributed by atoms with Gasteiger partial charge in [0, 0.05) is 6.92 Å². The molecule has 0 bridgehead atoms. The molecule has 0 aliphatic carbocycles. The lowest BCUT2D eigenvalue weighted by Crippen LogP contribution is -2.38. The van der Waals surface area contributed by atoms with E-state index in [0.717, 1.165) is 0 Å². The molecule has 35 heavy (non-hydrogen) atoms. The molecule has 0 aliphatic heterocycles. The summed E-state index contributed by atoms with van der Waals surface area (Å²) in [7, 11) is 1.50. The molecule has 0 radical (unpaired) electrons. The molecule has 0 saturated carbocycles. The Hall–Kier alpha value is -4.53. The normalized spacial score (nSPS) is 10.7. The quantitative estimate of drug-likeness (QED) is 0.441. The standard InChI is InChI=1S/C26H23FN4O4/c1-17(32)30(15-18-11-13-19(27)14-12-18)25-26(34)31(22-9-5-3-7-20(22)29-25)16-24(33)28-21-8-4-6-10-23(21)35-2/h3-14H,15-16H2,1-2H3,(H,28,33). The highest BCUT2D eigenvalue weighted by Gasteiger charge is 2.22. The fourth-order valence-corrected chi connectivity index (χ4v) is 3.70. The summed E-state index contributed by atoms with van der Waals surface area (Å²) in [4.78, 5) is 44.6. The molecular formula is C26H23FN4O4. The molecule has 0 fully saturated rings.